The monoisotopic (exact) mass is 660 g/mol. The molecule has 0 spiro atoms. The van der Waals surface area contributed by atoms with Crippen molar-refractivity contribution in [2.24, 2.45) is 5.92 Å². The van der Waals surface area contributed by atoms with E-state index in [-0.39, 0.29) is 27.6 Å². The zero-order chi connectivity index (χ0) is 34.7. The minimum atomic E-state index is -3.17. The van der Waals surface area contributed by atoms with E-state index >= 15 is 0 Å². The summed E-state index contributed by atoms with van der Waals surface area (Å²) in [6, 6.07) is 2.49. The Morgan fingerprint density at radius 3 is 2.15 bits per heavy atom. The molecule has 0 aromatic heterocycles. The van der Waals surface area contributed by atoms with E-state index < -0.39 is 94.0 Å². The number of carbonyl (C=O) groups excluding carboxylic acids is 4. The summed E-state index contributed by atoms with van der Waals surface area (Å²) in [4.78, 5) is 54.8. The van der Waals surface area contributed by atoms with Gasteiger partial charge in [0.15, 0.2) is 12.4 Å². The van der Waals surface area contributed by atoms with Crippen molar-refractivity contribution in [1.29, 1.82) is 0 Å². The van der Waals surface area contributed by atoms with Gasteiger partial charge in [0.25, 0.3) is 0 Å². The van der Waals surface area contributed by atoms with Gasteiger partial charge in [-0.3, -0.25) is 14.4 Å². The standard InChI is InChI=1S/C32H36O15/c1-12-19-14(10-16(20(12)28(38)43-6)46-29-13(2)23(41-4)24(42-5)30(44-7)47-29)9-15-21(22(19)34)27(37)32(45-8)18(33)11-17(40-3)26(36)31(32,39)25(15)35/h9-11,13,23-24,26,29-30,34,36,39H,1-8H3. The third-order valence-electron chi connectivity index (χ3n) is 9.33. The van der Waals surface area contributed by atoms with E-state index in [1.165, 1.54) is 40.4 Å². The molecule has 0 saturated carbocycles. The van der Waals surface area contributed by atoms with E-state index in [2.05, 4.69) is 0 Å². The van der Waals surface area contributed by atoms with Crippen LogP contribution in [0.3, 0.4) is 0 Å². The van der Waals surface area contributed by atoms with E-state index in [9.17, 15) is 34.5 Å². The van der Waals surface area contributed by atoms with Crippen molar-refractivity contribution in [2.75, 3.05) is 42.7 Å². The molecule has 1 saturated heterocycles. The molecule has 8 atom stereocenters. The molecule has 2 aromatic rings. The van der Waals surface area contributed by atoms with Gasteiger partial charge in [-0.25, -0.2) is 4.79 Å². The maximum absolute atomic E-state index is 14.1. The second kappa shape index (κ2) is 12.2. The van der Waals surface area contributed by atoms with E-state index in [1.54, 1.807) is 6.92 Å². The molecule has 15 nitrogen and oxygen atoms in total. The number of aryl methyl sites for hydroxylation is 1. The number of carbonyl (C=O) groups is 4. The molecule has 0 radical (unpaired) electrons. The van der Waals surface area contributed by atoms with E-state index in [0.717, 1.165) is 27.4 Å². The topological polar surface area (TPSA) is 203 Å². The van der Waals surface area contributed by atoms with Gasteiger partial charge >= 0.3 is 5.97 Å². The molecule has 15 heteroatoms. The number of fused-ring (bicyclic) bond motifs is 3. The van der Waals surface area contributed by atoms with Gasteiger partial charge in [-0.15, -0.1) is 0 Å². The van der Waals surface area contributed by atoms with Gasteiger partial charge in [0.05, 0.1) is 25.9 Å². The van der Waals surface area contributed by atoms with E-state index in [1.807, 2.05) is 0 Å². The average Bonchev–Trinajstić information content (AvgIpc) is 3.05. The van der Waals surface area contributed by atoms with Gasteiger partial charge < -0.3 is 53.2 Å². The Labute approximate surface area is 268 Å². The van der Waals surface area contributed by atoms with E-state index in [0.29, 0.717) is 0 Å². The molecule has 3 aliphatic rings. The fraction of sp³-hybridized carbons (Fsp3) is 0.500. The van der Waals surface area contributed by atoms with Crippen LogP contribution in [-0.4, -0.2) is 123 Å². The average molecular weight is 661 g/mol. The zero-order valence-corrected chi connectivity index (χ0v) is 26.9. The number of phenolic OH excluding ortho intramolecular Hbond substituents is 1. The SMILES string of the molecule is COC(=O)c1c(OC2OC(OC)C(OC)C(OC)C2C)cc2cc3c(c(O)c2c1C)C(=O)C1(OC)C(=O)C=C(OC)C(O)C1(O)C3=O. The van der Waals surface area contributed by atoms with Crippen molar-refractivity contribution in [2.45, 2.75) is 55.9 Å². The molecule has 254 valence electrons. The second-order valence-electron chi connectivity index (χ2n) is 11.4. The number of aromatic hydroxyl groups is 1. The zero-order valence-electron chi connectivity index (χ0n) is 26.9. The highest BCUT2D eigenvalue weighted by molar-refractivity contribution is 6.35. The molecule has 1 heterocycles. The number of ether oxygens (including phenoxy) is 8. The van der Waals surface area contributed by atoms with Crippen molar-refractivity contribution >= 4 is 34.1 Å². The molecular formula is C32H36O15. The lowest BCUT2D eigenvalue weighted by Gasteiger charge is -2.49. The van der Waals surface area contributed by atoms with Crippen molar-refractivity contribution in [3.63, 3.8) is 0 Å². The first kappa shape index (κ1) is 34.4. The third kappa shape index (κ3) is 4.53. The third-order valence-corrected chi connectivity index (χ3v) is 9.33. The first-order valence-corrected chi connectivity index (χ1v) is 14.4. The van der Waals surface area contributed by atoms with Crippen molar-refractivity contribution in [1.82, 2.24) is 0 Å². The molecule has 0 bridgehead atoms. The Balaban J connectivity index is 1.74. The first-order chi connectivity index (χ1) is 22.2. The number of benzene rings is 2. The van der Waals surface area contributed by atoms with Crippen LogP contribution in [0.15, 0.2) is 24.0 Å². The van der Waals surface area contributed by atoms with Crippen LogP contribution >= 0.6 is 0 Å². The fourth-order valence-electron chi connectivity index (χ4n) is 6.93. The molecule has 2 aromatic carbocycles. The molecule has 8 unspecified atom stereocenters. The normalized spacial score (nSPS) is 32.0. The van der Waals surface area contributed by atoms with Gasteiger partial charge in [0.1, 0.15) is 28.9 Å². The quantitative estimate of drug-likeness (QED) is 0.267. The van der Waals surface area contributed by atoms with Crippen LogP contribution in [0, 0.1) is 12.8 Å². The maximum Gasteiger partial charge on any atom is 0.341 e. The Morgan fingerprint density at radius 2 is 1.60 bits per heavy atom. The molecular weight excluding hydrogens is 624 g/mol. The maximum atomic E-state index is 14.1. The number of phenols is 1. The number of methoxy groups -OCH3 is 6. The Kier molecular flexibility index (Phi) is 8.96. The van der Waals surface area contributed by atoms with Crippen molar-refractivity contribution in [3.05, 3.63) is 46.2 Å². The number of hydrogen-bond acceptors (Lipinski definition) is 15. The Bertz CT molecular complexity index is 1700. The number of aliphatic hydroxyl groups excluding tert-OH is 1. The van der Waals surface area contributed by atoms with Gasteiger partial charge in [0, 0.05) is 51.4 Å². The van der Waals surface area contributed by atoms with Crippen LogP contribution in [-0.2, 0) is 38.0 Å². The largest absolute Gasteiger partial charge is 0.507 e. The number of ketones is 3. The number of aliphatic hydroxyl groups is 2. The lowest BCUT2D eigenvalue weighted by molar-refractivity contribution is -0.321. The van der Waals surface area contributed by atoms with Crippen molar-refractivity contribution < 1.29 is 72.4 Å². The predicted molar refractivity (Wildman–Crippen MR) is 158 cm³/mol. The summed E-state index contributed by atoms with van der Waals surface area (Å²) in [7, 11) is 7.53. The van der Waals surface area contributed by atoms with Crippen molar-refractivity contribution in [3.8, 4) is 11.5 Å². The summed E-state index contributed by atoms with van der Waals surface area (Å²) in [5.41, 5.74) is -7.38. The van der Waals surface area contributed by atoms with Crippen LogP contribution in [0.1, 0.15) is 43.6 Å². The van der Waals surface area contributed by atoms with Gasteiger partial charge in [-0.2, -0.15) is 0 Å². The van der Waals surface area contributed by atoms with Gasteiger partial charge in [-0.05, 0) is 30.0 Å². The lowest BCUT2D eigenvalue weighted by atomic mass is 9.60. The second-order valence-corrected chi connectivity index (χ2v) is 11.4. The van der Waals surface area contributed by atoms with Crippen LogP contribution in [0.2, 0.25) is 0 Å². The number of Topliss-reactive ketones (excluding diaryl/α,β-unsaturated/α-hetero) is 2. The van der Waals surface area contributed by atoms with Crippen LogP contribution in [0.5, 0.6) is 11.5 Å². The summed E-state index contributed by atoms with van der Waals surface area (Å²) in [5.74, 6) is -6.48. The van der Waals surface area contributed by atoms with Crippen LogP contribution in [0.4, 0.5) is 0 Å². The lowest BCUT2D eigenvalue weighted by Crippen LogP contribution is -2.77. The molecule has 47 heavy (non-hydrogen) atoms. The first-order valence-electron chi connectivity index (χ1n) is 14.4. The smallest absolute Gasteiger partial charge is 0.341 e. The van der Waals surface area contributed by atoms with Gasteiger partial charge in [0.2, 0.25) is 34.8 Å². The van der Waals surface area contributed by atoms with Crippen LogP contribution in [0.25, 0.3) is 10.8 Å². The Hall–Kier alpha value is -3.96. The summed E-state index contributed by atoms with van der Waals surface area (Å²) in [5, 5.41) is 34.5. The number of rotatable bonds is 8. The molecule has 0 amide bonds. The highest BCUT2D eigenvalue weighted by Crippen LogP contribution is 2.51. The minimum Gasteiger partial charge on any atom is -0.507 e. The molecule has 2 aliphatic carbocycles. The highest BCUT2D eigenvalue weighted by atomic mass is 16.8. The minimum absolute atomic E-state index is 0.0622. The van der Waals surface area contributed by atoms with Gasteiger partial charge in [-0.1, -0.05) is 6.92 Å². The number of esters is 1. The van der Waals surface area contributed by atoms with Crippen LogP contribution < -0.4 is 4.74 Å². The molecule has 1 fully saturated rings. The predicted octanol–water partition coefficient (Wildman–Crippen LogP) is 0.983. The number of hydrogen-bond donors (Lipinski definition) is 3. The molecule has 3 N–H and O–H groups in total. The highest BCUT2D eigenvalue weighted by Gasteiger charge is 2.74. The summed E-state index contributed by atoms with van der Waals surface area (Å²) in [6.07, 6.45) is -4.64. The summed E-state index contributed by atoms with van der Waals surface area (Å²) >= 11 is 0. The fourth-order valence-corrected chi connectivity index (χ4v) is 6.93. The summed E-state index contributed by atoms with van der Waals surface area (Å²) < 4.78 is 44.2. The molecule has 1 aliphatic heterocycles. The van der Waals surface area contributed by atoms with E-state index in [4.69, 9.17) is 37.9 Å². The summed E-state index contributed by atoms with van der Waals surface area (Å²) in [6.45, 7) is 3.23. The Morgan fingerprint density at radius 1 is 0.936 bits per heavy atom. The molecule has 5 rings (SSSR count).